The number of nitrogens with zero attached hydrogens (tertiary/aromatic N) is 1. The van der Waals surface area contributed by atoms with Crippen molar-refractivity contribution in [3.8, 4) is 0 Å². The zero-order valence-corrected chi connectivity index (χ0v) is 12.7. The molecule has 1 unspecified atom stereocenters. The molecule has 1 atom stereocenters. The second-order valence-electron chi connectivity index (χ2n) is 5.68. The number of rotatable bonds is 4. The van der Waals surface area contributed by atoms with E-state index in [1.54, 1.807) is 0 Å². The highest BCUT2D eigenvalue weighted by atomic mass is 16.5. The van der Waals surface area contributed by atoms with Crippen molar-refractivity contribution in [3.63, 3.8) is 0 Å². The van der Waals surface area contributed by atoms with Gasteiger partial charge in [0.05, 0.1) is 19.1 Å². The van der Waals surface area contributed by atoms with Crippen molar-refractivity contribution in [1.82, 2.24) is 4.90 Å². The third kappa shape index (κ3) is 3.95. The molecule has 3 heteroatoms. The topological polar surface area (TPSA) is 29.5 Å². The van der Waals surface area contributed by atoms with Crippen LogP contribution in [0.3, 0.4) is 0 Å². The molecule has 2 aromatic carbocycles. The van der Waals surface area contributed by atoms with E-state index in [4.69, 9.17) is 4.74 Å². The smallest absolute Gasteiger partial charge is 0.227 e. The standard InChI is InChI=1S/C19H21NO2/c21-19(14-17-9-5-2-6-10-17)20-11-12-22-18(15-20)13-16-7-3-1-4-8-16/h1-10,18H,11-15H2. The molecule has 0 spiro atoms. The van der Waals surface area contributed by atoms with Crippen molar-refractivity contribution >= 4 is 5.91 Å². The Bertz CT molecular complexity index is 597. The van der Waals surface area contributed by atoms with Gasteiger partial charge in [0.15, 0.2) is 0 Å². The van der Waals surface area contributed by atoms with Gasteiger partial charge in [-0.05, 0) is 11.1 Å². The van der Waals surface area contributed by atoms with E-state index in [1.807, 2.05) is 53.4 Å². The molecule has 3 nitrogen and oxygen atoms in total. The Morgan fingerprint density at radius 2 is 1.64 bits per heavy atom. The number of benzene rings is 2. The van der Waals surface area contributed by atoms with Crippen LogP contribution in [0.4, 0.5) is 0 Å². The summed E-state index contributed by atoms with van der Waals surface area (Å²) in [5, 5.41) is 0. The third-order valence-electron chi connectivity index (χ3n) is 4.00. The SMILES string of the molecule is O=C(Cc1ccccc1)N1CCOC(Cc2ccccc2)C1. The van der Waals surface area contributed by atoms with Crippen molar-refractivity contribution in [1.29, 1.82) is 0 Å². The molecule has 1 amide bonds. The van der Waals surface area contributed by atoms with E-state index < -0.39 is 0 Å². The first-order valence-corrected chi connectivity index (χ1v) is 7.78. The number of carbonyl (C=O) groups is 1. The number of amides is 1. The van der Waals surface area contributed by atoms with Gasteiger partial charge < -0.3 is 9.64 Å². The number of morpholine rings is 1. The van der Waals surface area contributed by atoms with E-state index in [9.17, 15) is 4.79 Å². The lowest BCUT2D eigenvalue weighted by Gasteiger charge is -2.33. The Labute approximate surface area is 131 Å². The summed E-state index contributed by atoms with van der Waals surface area (Å²) < 4.78 is 5.82. The van der Waals surface area contributed by atoms with Crippen LogP contribution in [0.15, 0.2) is 60.7 Å². The van der Waals surface area contributed by atoms with E-state index in [2.05, 4.69) is 12.1 Å². The molecular formula is C19H21NO2. The predicted octanol–water partition coefficient (Wildman–Crippen LogP) is 2.70. The van der Waals surface area contributed by atoms with E-state index >= 15 is 0 Å². The summed E-state index contributed by atoms with van der Waals surface area (Å²) in [5.41, 5.74) is 2.32. The van der Waals surface area contributed by atoms with Crippen LogP contribution >= 0.6 is 0 Å². The average molecular weight is 295 g/mol. The van der Waals surface area contributed by atoms with Gasteiger partial charge in [-0.1, -0.05) is 60.7 Å². The van der Waals surface area contributed by atoms with Crippen LogP contribution in [0.5, 0.6) is 0 Å². The van der Waals surface area contributed by atoms with E-state index in [-0.39, 0.29) is 12.0 Å². The summed E-state index contributed by atoms with van der Waals surface area (Å²) >= 11 is 0. The molecule has 0 N–H and O–H groups in total. The largest absolute Gasteiger partial charge is 0.374 e. The molecule has 0 bridgehead atoms. The van der Waals surface area contributed by atoms with Crippen LogP contribution in [0.25, 0.3) is 0 Å². The van der Waals surface area contributed by atoms with E-state index in [0.29, 0.717) is 26.1 Å². The van der Waals surface area contributed by atoms with Gasteiger partial charge in [0.25, 0.3) is 0 Å². The lowest BCUT2D eigenvalue weighted by atomic mass is 10.1. The van der Waals surface area contributed by atoms with Gasteiger partial charge in [0, 0.05) is 19.5 Å². The maximum atomic E-state index is 12.4. The van der Waals surface area contributed by atoms with Crippen LogP contribution in [0.1, 0.15) is 11.1 Å². The molecule has 1 saturated heterocycles. The lowest BCUT2D eigenvalue weighted by molar-refractivity contribution is -0.138. The summed E-state index contributed by atoms with van der Waals surface area (Å²) in [6, 6.07) is 20.2. The van der Waals surface area contributed by atoms with Crippen LogP contribution in [0.2, 0.25) is 0 Å². The number of ether oxygens (including phenoxy) is 1. The van der Waals surface area contributed by atoms with E-state index in [0.717, 1.165) is 12.0 Å². The van der Waals surface area contributed by atoms with Crippen LogP contribution in [0, 0.1) is 0 Å². The number of hydrogen-bond acceptors (Lipinski definition) is 2. The molecule has 0 aromatic heterocycles. The zero-order chi connectivity index (χ0) is 15.2. The quantitative estimate of drug-likeness (QED) is 0.868. The van der Waals surface area contributed by atoms with E-state index in [1.165, 1.54) is 5.56 Å². The molecule has 0 saturated carbocycles. The zero-order valence-electron chi connectivity index (χ0n) is 12.7. The maximum absolute atomic E-state index is 12.4. The van der Waals surface area contributed by atoms with Crippen molar-refractivity contribution in [3.05, 3.63) is 71.8 Å². The van der Waals surface area contributed by atoms with Crippen molar-refractivity contribution in [2.75, 3.05) is 19.7 Å². The average Bonchev–Trinajstić information content (AvgIpc) is 2.57. The second-order valence-corrected chi connectivity index (χ2v) is 5.68. The highest BCUT2D eigenvalue weighted by Crippen LogP contribution is 2.13. The van der Waals surface area contributed by atoms with Crippen LogP contribution in [-0.4, -0.2) is 36.6 Å². The molecule has 1 aliphatic rings. The van der Waals surface area contributed by atoms with Gasteiger partial charge in [-0.2, -0.15) is 0 Å². The predicted molar refractivity (Wildman–Crippen MR) is 86.6 cm³/mol. The number of carbonyl (C=O) groups excluding carboxylic acids is 1. The highest BCUT2D eigenvalue weighted by Gasteiger charge is 2.24. The summed E-state index contributed by atoms with van der Waals surface area (Å²) in [5.74, 6) is 0.188. The van der Waals surface area contributed by atoms with Gasteiger partial charge in [-0.3, -0.25) is 4.79 Å². The normalized spacial score (nSPS) is 18.2. The Kier molecular flexibility index (Phi) is 4.86. The molecule has 3 rings (SSSR count). The van der Waals surface area contributed by atoms with Crippen molar-refractivity contribution in [2.45, 2.75) is 18.9 Å². The molecular weight excluding hydrogens is 274 g/mol. The van der Waals surface area contributed by atoms with Crippen LogP contribution < -0.4 is 0 Å². The highest BCUT2D eigenvalue weighted by molar-refractivity contribution is 5.78. The Morgan fingerprint density at radius 1 is 1.00 bits per heavy atom. The first kappa shape index (κ1) is 14.8. The van der Waals surface area contributed by atoms with Gasteiger partial charge in [-0.25, -0.2) is 0 Å². The summed E-state index contributed by atoms with van der Waals surface area (Å²) in [7, 11) is 0. The maximum Gasteiger partial charge on any atom is 0.227 e. The Morgan fingerprint density at radius 3 is 2.32 bits per heavy atom. The monoisotopic (exact) mass is 295 g/mol. The fourth-order valence-corrected chi connectivity index (χ4v) is 2.83. The van der Waals surface area contributed by atoms with Crippen molar-refractivity contribution in [2.24, 2.45) is 0 Å². The summed E-state index contributed by atoms with van der Waals surface area (Å²) in [4.78, 5) is 14.4. The minimum Gasteiger partial charge on any atom is -0.374 e. The molecule has 22 heavy (non-hydrogen) atoms. The molecule has 0 aliphatic carbocycles. The molecule has 0 radical (unpaired) electrons. The first-order valence-electron chi connectivity index (χ1n) is 7.78. The Balaban J connectivity index is 1.57. The third-order valence-corrected chi connectivity index (χ3v) is 4.00. The van der Waals surface area contributed by atoms with Gasteiger partial charge in [0.1, 0.15) is 0 Å². The molecule has 1 heterocycles. The van der Waals surface area contributed by atoms with Crippen molar-refractivity contribution < 1.29 is 9.53 Å². The summed E-state index contributed by atoms with van der Waals surface area (Å²) in [6.07, 6.45) is 1.42. The first-order chi connectivity index (χ1) is 10.8. The fraction of sp³-hybridized carbons (Fsp3) is 0.316. The molecule has 1 fully saturated rings. The molecule has 114 valence electrons. The minimum absolute atomic E-state index is 0.0934. The van der Waals surface area contributed by atoms with Gasteiger partial charge in [0.2, 0.25) is 5.91 Å². The number of hydrogen-bond donors (Lipinski definition) is 0. The fourth-order valence-electron chi connectivity index (χ4n) is 2.83. The second kappa shape index (κ2) is 7.23. The van der Waals surface area contributed by atoms with Gasteiger partial charge >= 0.3 is 0 Å². The summed E-state index contributed by atoms with van der Waals surface area (Å²) in [6.45, 7) is 2.00. The Hall–Kier alpha value is -2.13. The van der Waals surface area contributed by atoms with Crippen LogP contribution in [-0.2, 0) is 22.4 Å². The lowest BCUT2D eigenvalue weighted by Crippen LogP contribution is -2.46. The minimum atomic E-state index is 0.0934. The molecule has 2 aromatic rings. The molecule has 1 aliphatic heterocycles. The van der Waals surface area contributed by atoms with Gasteiger partial charge in [-0.15, -0.1) is 0 Å².